The van der Waals surface area contributed by atoms with E-state index < -0.39 is 12.0 Å². The molecule has 0 aliphatic heterocycles. The number of unbranched alkanes of at least 4 members (excludes halogenated alkanes) is 10. The second-order valence-corrected chi connectivity index (χ2v) is 9.47. The molecule has 0 rings (SSSR count). The molecule has 0 bridgehead atoms. The molecule has 0 spiro atoms. The van der Waals surface area contributed by atoms with Crippen LogP contribution < -0.4 is 11.1 Å². The van der Waals surface area contributed by atoms with Gasteiger partial charge in [0.15, 0.2) is 0 Å². The minimum atomic E-state index is -1.02. The first-order chi connectivity index (χ1) is 16.4. The van der Waals surface area contributed by atoms with Crippen molar-refractivity contribution in [2.45, 2.75) is 148 Å². The highest BCUT2D eigenvalue weighted by atomic mass is 16.5. The van der Waals surface area contributed by atoms with Crippen LogP contribution in [0.25, 0.3) is 0 Å². The average molecular weight is 485 g/mol. The van der Waals surface area contributed by atoms with E-state index in [1.807, 2.05) is 0 Å². The summed E-state index contributed by atoms with van der Waals surface area (Å²) < 4.78 is 5.79. The Kier molecular flexibility index (Phi) is 22.0. The van der Waals surface area contributed by atoms with E-state index in [0.717, 1.165) is 57.8 Å². The minimum absolute atomic E-state index is 0.0370. The Balaban J connectivity index is 4.16. The Labute approximate surface area is 208 Å². The van der Waals surface area contributed by atoms with Gasteiger partial charge in [-0.05, 0) is 57.9 Å². The lowest BCUT2D eigenvalue weighted by Crippen LogP contribution is -2.40. The number of esters is 1. The first kappa shape index (κ1) is 32.4. The molecule has 1 amide bonds. The predicted molar refractivity (Wildman–Crippen MR) is 138 cm³/mol. The number of nitrogens with one attached hydrogen (secondary N) is 1. The highest BCUT2D eigenvalue weighted by Crippen LogP contribution is 2.17. The van der Waals surface area contributed by atoms with Crippen LogP contribution in [0.4, 0.5) is 0 Å². The van der Waals surface area contributed by atoms with Gasteiger partial charge in [0.1, 0.15) is 12.1 Å². The van der Waals surface area contributed by atoms with Gasteiger partial charge in [-0.15, -0.1) is 0 Å². The zero-order valence-electron chi connectivity index (χ0n) is 22.0. The number of aliphatic carboxylic acids is 1. The molecule has 0 aliphatic carbocycles. The van der Waals surface area contributed by atoms with Crippen molar-refractivity contribution in [3.63, 3.8) is 0 Å². The molecule has 0 aromatic rings. The van der Waals surface area contributed by atoms with Gasteiger partial charge in [0.2, 0.25) is 5.91 Å². The molecule has 7 nitrogen and oxygen atoms in total. The third kappa shape index (κ3) is 19.8. The van der Waals surface area contributed by atoms with Crippen molar-refractivity contribution in [1.82, 2.24) is 5.32 Å². The average Bonchev–Trinajstić information content (AvgIpc) is 2.80. The van der Waals surface area contributed by atoms with Gasteiger partial charge in [0.25, 0.3) is 0 Å². The normalized spacial score (nSPS) is 12.8. The Hall–Kier alpha value is -1.63. The first-order valence-corrected chi connectivity index (χ1v) is 13.9. The summed E-state index contributed by atoms with van der Waals surface area (Å²) >= 11 is 0. The standard InChI is InChI=1S/C27H52N2O5/c1-3-5-7-8-9-10-15-21-26(31)34-23(17-12-6-4-2)18-13-11-14-20-25(30)29-24(27(32)33)19-16-22-28/h23-24H,3-22,28H2,1-2H3,(H,29,30)(H,32,33). The fourth-order valence-corrected chi connectivity index (χ4v) is 4.04. The van der Waals surface area contributed by atoms with Gasteiger partial charge in [-0.2, -0.15) is 0 Å². The second kappa shape index (κ2) is 23.1. The number of carboxylic acids is 1. The van der Waals surface area contributed by atoms with Gasteiger partial charge < -0.3 is 20.9 Å². The molecule has 200 valence electrons. The summed E-state index contributed by atoms with van der Waals surface area (Å²) in [6.45, 7) is 4.78. The van der Waals surface area contributed by atoms with Crippen molar-refractivity contribution >= 4 is 17.8 Å². The molecular formula is C27H52N2O5. The zero-order chi connectivity index (χ0) is 25.4. The second-order valence-electron chi connectivity index (χ2n) is 9.47. The molecule has 7 heteroatoms. The van der Waals surface area contributed by atoms with Crippen LogP contribution >= 0.6 is 0 Å². The van der Waals surface area contributed by atoms with Gasteiger partial charge in [0, 0.05) is 12.8 Å². The van der Waals surface area contributed by atoms with Crippen molar-refractivity contribution in [1.29, 1.82) is 0 Å². The van der Waals surface area contributed by atoms with E-state index in [-0.39, 0.29) is 18.0 Å². The van der Waals surface area contributed by atoms with Crippen LogP contribution in [-0.4, -0.2) is 41.6 Å². The van der Waals surface area contributed by atoms with Crippen LogP contribution in [0, 0.1) is 0 Å². The van der Waals surface area contributed by atoms with E-state index in [2.05, 4.69) is 19.2 Å². The van der Waals surface area contributed by atoms with Crippen LogP contribution in [0.5, 0.6) is 0 Å². The molecule has 0 aromatic carbocycles. The van der Waals surface area contributed by atoms with Crippen molar-refractivity contribution in [2.75, 3.05) is 6.54 Å². The highest BCUT2D eigenvalue weighted by molar-refractivity contribution is 5.83. The summed E-state index contributed by atoms with van der Waals surface area (Å²) in [5.74, 6) is -1.33. The van der Waals surface area contributed by atoms with Gasteiger partial charge >= 0.3 is 11.9 Å². The van der Waals surface area contributed by atoms with Crippen LogP contribution in [0.15, 0.2) is 0 Å². The number of ether oxygens (including phenoxy) is 1. The van der Waals surface area contributed by atoms with E-state index in [1.165, 1.54) is 32.1 Å². The Morgan fingerprint density at radius 3 is 1.88 bits per heavy atom. The number of amides is 1. The third-order valence-corrected chi connectivity index (χ3v) is 6.17. The summed E-state index contributed by atoms with van der Waals surface area (Å²) in [6.07, 6.45) is 17.5. The number of carbonyl (C=O) groups excluding carboxylic acids is 2. The van der Waals surface area contributed by atoms with Gasteiger partial charge in [0.05, 0.1) is 0 Å². The number of hydrogen-bond donors (Lipinski definition) is 3. The minimum Gasteiger partial charge on any atom is -0.480 e. The number of carboxylic acid groups (broad SMARTS) is 1. The summed E-state index contributed by atoms with van der Waals surface area (Å²) in [5.41, 5.74) is 5.43. The lowest BCUT2D eigenvalue weighted by Gasteiger charge is -2.18. The third-order valence-electron chi connectivity index (χ3n) is 6.17. The number of rotatable bonds is 24. The molecule has 0 aromatic heterocycles. The molecule has 0 radical (unpaired) electrons. The maximum atomic E-state index is 12.3. The van der Waals surface area contributed by atoms with Gasteiger partial charge in [-0.1, -0.05) is 71.6 Å². The summed E-state index contributed by atoms with van der Waals surface area (Å²) in [7, 11) is 0. The lowest BCUT2D eigenvalue weighted by molar-refractivity contribution is -0.150. The van der Waals surface area contributed by atoms with E-state index in [0.29, 0.717) is 38.6 Å². The summed E-state index contributed by atoms with van der Waals surface area (Å²) in [5, 5.41) is 11.8. The molecule has 2 unspecified atom stereocenters. The monoisotopic (exact) mass is 484 g/mol. The molecule has 0 saturated carbocycles. The number of nitrogens with two attached hydrogens (primary N) is 1. The Morgan fingerprint density at radius 2 is 1.26 bits per heavy atom. The van der Waals surface area contributed by atoms with Crippen LogP contribution in [0.2, 0.25) is 0 Å². The lowest BCUT2D eigenvalue weighted by atomic mass is 10.0. The number of carbonyl (C=O) groups is 3. The van der Waals surface area contributed by atoms with Crippen molar-refractivity contribution < 1.29 is 24.2 Å². The van der Waals surface area contributed by atoms with E-state index >= 15 is 0 Å². The van der Waals surface area contributed by atoms with Crippen molar-refractivity contribution in [3.8, 4) is 0 Å². The van der Waals surface area contributed by atoms with E-state index in [9.17, 15) is 19.5 Å². The largest absolute Gasteiger partial charge is 0.480 e. The quantitative estimate of drug-likeness (QED) is 0.116. The fraction of sp³-hybridized carbons (Fsp3) is 0.889. The van der Waals surface area contributed by atoms with Crippen molar-refractivity contribution in [2.24, 2.45) is 5.73 Å². The topological polar surface area (TPSA) is 119 Å². The molecule has 0 saturated heterocycles. The van der Waals surface area contributed by atoms with E-state index in [1.54, 1.807) is 0 Å². The maximum absolute atomic E-state index is 12.3. The summed E-state index contributed by atoms with van der Waals surface area (Å²) in [4.78, 5) is 35.6. The SMILES string of the molecule is CCCCCCCCCC(=O)OC(CCCCC)CCCCCC(=O)NC(CCCN)C(=O)O. The number of hydrogen-bond acceptors (Lipinski definition) is 5. The van der Waals surface area contributed by atoms with Gasteiger partial charge in [-0.3, -0.25) is 9.59 Å². The maximum Gasteiger partial charge on any atom is 0.326 e. The molecule has 34 heavy (non-hydrogen) atoms. The molecule has 2 atom stereocenters. The predicted octanol–water partition coefficient (Wildman–Crippen LogP) is 5.88. The molecular weight excluding hydrogens is 432 g/mol. The van der Waals surface area contributed by atoms with Crippen LogP contribution in [0.1, 0.15) is 136 Å². The molecule has 0 heterocycles. The van der Waals surface area contributed by atoms with Crippen LogP contribution in [-0.2, 0) is 19.1 Å². The summed E-state index contributed by atoms with van der Waals surface area (Å²) in [6, 6.07) is -0.866. The molecule has 4 N–H and O–H groups in total. The Bertz CT molecular complexity index is 527. The van der Waals surface area contributed by atoms with E-state index in [4.69, 9.17) is 10.5 Å². The smallest absolute Gasteiger partial charge is 0.326 e. The molecule has 0 fully saturated rings. The van der Waals surface area contributed by atoms with Gasteiger partial charge in [-0.25, -0.2) is 4.79 Å². The fourth-order valence-electron chi connectivity index (χ4n) is 4.04. The molecule has 0 aliphatic rings. The zero-order valence-corrected chi connectivity index (χ0v) is 22.0. The first-order valence-electron chi connectivity index (χ1n) is 13.9. The Morgan fingerprint density at radius 1 is 0.735 bits per heavy atom. The van der Waals surface area contributed by atoms with Crippen LogP contribution in [0.3, 0.4) is 0 Å². The highest BCUT2D eigenvalue weighted by Gasteiger charge is 2.19. The van der Waals surface area contributed by atoms with Crippen molar-refractivity contribution in [3.05, 3.63) is 0 Å².